The lowest BCUT2D eigenvalue weighted by atomic mass is 10.0. The van der Waals surface area contributed by atoms with Crippen LogP contribution in [0.3, 0.4) is 0 Å². The molecule has 0 aromatic heterocycles. The molecule has 0 aromatic rings. The molecule has 0 bridgehead atoms. The smallest absolute Gasteiger partial charge is 0.0934 e. The van der Waals surface area contributed by atoms with E-state index in [4.69, 9.17) is 5.73 Å². The largest absolute Gasteiger partial charge is 0.387 e. The maximum absolute atomic E-state index is 5.63. The average Bonchev–Trinajstić information content (AvgIpc) is 2.16. The van der Waals surface area contributed by atoms with Crippen molar-refractivity contribution < 1.29 is 0 Å². The van der Waals surface area contributed by atoms with E-state index in [0.29, 0.717) is 0 Å². The fourth-order valence-corrected chi connectivity index (χ4v) is 2.49. The summed E-state index contributed by atoms with van der Waals surface area (Å²) < 4.78 is 0. The quantitative estimate of drug-likeness (QED) is 0.540. The van der Waals surface area contributed by atoms with Gasteiger partial charge in [0.2, 0.25) is 0 Å². The number of nitrogens with two attached hydrogens (primary N) is 1. The minimum absolute atomic E-state index is 0.802. The second-order valence-electron chi connectivity index (χ2n) is 3.24. The first-order valence-electron chi connectivity index (χ1n) is 4.69. The Kier molecular flexibility index (Phi) is 4.51. The van der Waals surface area contributed by atoms with Gasteiger partial charge in [-0.25, -0.2) is 0 Å². The van der Waals surface area contributed by atoms with E-state index in [1.54, 1.807) is 0 Å². The number of rotatable bonds is 3. The molecule has 1 rings (SSSR count). The highest BCUT2D eigenvalue weighted by molar-refractivity contribution is 7.99. The summed E-state index contributed by atoms with van der Waals surface area (Å²) in [6, 6.07) is 0. The van der Waals surface area contributed by atoms with Crippen LogP contribution in [0.5, 0.6) is 0 Å². The van der Waals surface area contributed by atoms with Crippen LogP contribution in [0.2, 0.25) is 0 Å². The summed E-state index contributed by atoms with van der Waals surface area (Å²) in [7, 11) is 0. The zero-order valence-corrected chi connectivity index (χ0v) is 8.57. The summed E-state index contributed by atoms with van der Waals surface area (Å²) in [5, 5.41) is 0. The Labute approximate surface area is 79.0 Å². The zero-order chi connectivity index (χ0) is 8.81. The van der Waals surface area contributed by atoms with Gasteiger partial charge in [-0.2, -0.15) is 11.8 Å². The highest BCUT2D eigenvalue weighted by Gasteiger charge is 2.12. The monoisotopic (exact) mass is 186 g/mol. The number of thioether (sulfide) groups is 1. The Balaban J connectivity index is 2.21. The lowest BCUT2D eigenvalue weighted by molar-refractivity contribution is 0.503. The third kappa shape index (κ3) is 3.48. The van der Waals surface area contributed by atoms with Crippen LogP contribution in [-0.4, -0.2) is 23.9 Å². The van der Waals surface area contributed by atoms with Gasteiger partial charge in [-0.1, -0.05) is 6.92 Å². The van der Waals surface area contributed by atoms with Crippen molar-refractivity contribution in [1.29, 1.82) is 0 Å². The van der Waals surface area contributed by atoms with Gasteiger partial charge in [0.15, 0.2) is 0 Å². The van der Waals surface area contributed by atoms with Gasteiger partial charge in [0.1, 0.15) is 0 Å². The number of nitrogens with zero attached hydrogens (tertiary/aromatic N) is 1. The summed E-state index contributed by atoms with van der Waals surface area (Å²) in [5.41, 5.74) is 5.63. The van der Waals surface area contributed by atoms with E-state index in [1.807, 2.05) is 0 Å². The van der Waals surface area contributed by atoms with Crippen molar-refractivity contribution in [3.8, 4) is 0 Å². The molecule has 0 unspecified atom stereocenters. The molecule has 2 nitrogen and oxygen atoms in total. The number of aliphatic imine (C=N–C) groups is 1. The Morgan fingerprint density at radius 2 is 2.17 bits per heavy atom. The summed E-state index contributed by atoms with van der Waals surface area (Å²) in [6.45, 7) is 3.01. The Morgan fingerprint density at radius 1 is 1.50 bits per heavy atom. The molecule has 0 spiro atoms. The summed E-state index contributed by atoms with van der Waals surface area (Å²) in [5.74, 6) is 4.24. The van der Waals surface area contributed by atoms with Gasteiger partial charge in [-0.15, -0.1) is 0 Å². The standard InChI is InChI=1S/C9H18N2S/c1-2-9(10)11-7-8-3-5-12-6-4-8/h8H,2-7H2,1H3,(H2,10,11). The molecule has 1 aliphatic rings. The van der Waals surface area contributed by atoms with Gasteiger partial charge >= 0.3 is 0 Å². The molecule has 1 heterocycles. The van der Waals surface area contributed by atoms with E-state index in [1.165, 1.54) is 24.3 Å². The van der Waals surface area contributed by atoms with Crippen LogP contribution in [0.25, 0.3) is 0 Å². The van der Waals surface area contributed by atoms with Gasteiger partial charge < -0.3 is 5.73 Å². The number of hydrogen-bond acceptors (Lipinski definition) is 2. The van der Waals surface area contributed by atoms with Crippen LogP contribution in [0.4, 0.5) is 0 Å². The molecule has 0 aliphatic carbocycles. The molecular formula is C9H18N2S. The topological polar surface area (TPSA) is 38.4 Å². The van der Waals surface area contributed by atoms with Crippen molar-refractivity contribution in [1.82, 2.24) is 0 Å². The van der Waals surface area contributed by atoms with E-state index in [2.05, 4.69) is 23.7 Å². The molecule has 12 heavy (non-hydrogen) atoms. The molecule has 0 atom stereocenters. The van der Waals surface area contributed by atoms with Gasteiger partial charge in [0.05, 0.1) is 5.84 Å². The summed E-state index contributed by atoms with van der Waals surface area (Å²) in [6.07, 6.45) is 3.54. The number of amidine groups is 1. The number of hydrogen-bond donors (Lipinski definition) is 1. The molecule has 1 aliphatic heterocycles. The highest BCUT2D eigenvalue weighted by atomic mass is 32.2. The van der Waals surface area contributed by atoms with Crippen molar-refractivity contribution in [2.75, 3.05) is 18.1 Å². The molecule has 1 fully saturated rings. The first-order valence-corrected chi connectivity index (χ1v) is 5.85. The first-order chi connectivity index (χ1) is 5.83. The second-order valence-corrected chi connectivity index (χ2v) is 4.47. The van der Waals surface area contributed by atoms with Crippen molar-refractivity contribution in [2.45, 2.75) is 26.2 Å². The lowest BCUT2D eigenvalue weighted by Crippen LogP contribution is -2.16. The van der Waals surface area contributed by atoms with E-state index < -0.39 is 0 Å². The molecule has 70 valence electrons. The Bertz CT molecular complexity index is 151. The first kappa shape index (κ1) is 9.90. The van der Waals surface area contributed by atoms with E-state index in [0.717, 1.165) is 24.7 Å². The molecule has 1 saturated heterocycles. The van der Waals surface area contributed by atoms with Crippen molar-refractivity contribution >= 4 is 17.6 Å². The Hall–Kier alpha value is -0.180. The van der Waals surface area contributed by atoms with Gasteiger partial charge in [-0.05, 0) is 30.3 Å². The van der Waals surface area contributed by atoms with Gasteiger partial charge in [-0.3, -0.25) is 4.99 Å². The molecule has 2 N–H and O–H groups in total. The van der Waals surface area contributed by atoms with Crippen LogP contribution in [0.1, 0.15) is 26.2 Å². The molecule has 0 saturated carbocycles. The molecular weight excluding hydrogens is 168 g/mol. The van der Waals surface area contributed by atoms with E-state index in [9.17, 15) is 0 Å². The van der Waals surface area contributed by atoms with Crippen LogP contribution in [-0.2, 0) is 0 Å². The normalized spacial score (nSPS) is 21.2. The SMILES string of the molecule is CCC(N)=NCC1CCSCC1. The second kappa shape index (κ2) is 5.46. The fourth-order valence-electron chi connectivity index (χ4n) is 1.29. The van der Waals surface area contributed by atoms with Crippen LogP contribution in [0, 0.1) is 5.92 Å². The molecule has 0 amide bonds. The highest BCUT2D eigenvalue weighted by Crippen LogP contribution is 2.22. The molecule has 0 radical (unpaired) electrons. The van der Waals surface area contributed by atoms with Gasteiger partial charge in [0, 0.05) is 13.0 Å². The van der Waals surface area contributed by atoms with Crippen molar-refractivity contribution in [2.24, 2.45) is 16.6 Å². The van der Waals surface area contributed by atoms with E-state index >= 15 is 0 Å². The average molecular weight is 186 g/mol. The zero-order valence-electron chi connectivity index (χ0n) is 7.75. The minimum Gasteiger partial charge on any atom is -0.387 e. The maximum Gasteiger partial charge on any atom is 0.0934 e. The van der Waals surface area contributed by atoms with Crippen molar-refractivity contribution in [3.05, 3.63) is 0 Å². The molecule has 0 aromatic carbocycles. The van der Waals surface area contributed by atoms with Crippen LogP contribution >= 0.6 is 11.8 Å². The molecule has 3 heteroatoms. The van der Waals surface area contributed by atoms with E-state index in [-0.39, 0.29) is 0 Å². The van der Waals surface area contributed by atoms with Crippen LogP contribution < -0.4 is 5.73 Å². The van der Waals surface area contributed by atoms with Crippen molar-refractivity contribution in [3.63, 3.8) is 0 Å². The third-order valence-electron chi connectivity index (χ3n) is 2.26. The summed E-state index contributed by atoms with van der Waals surface area (Å²) in [4.78, 5) is 4.35. The predicted molar refractivity (Wildman–Crippen MR) is 56.8 cm³/mol. The predicted octanol–water partition coefficient (Wildman–Crippen LogP) is 1.90. The third-order valence-corrected chi connectivity index (χ3v) is 3.30. The fraction of sp³-hybridized carbons (Fsp3) is 0.889. The maximum atomic E-state index is 5.63. The lowest BCUT2D eigenvalue weighted by Gasteiger charge is -2.19. The summed E-state index contributed by atoms with van der Waals surface area (Å²) >= 11 is 2.06. The van der Waals surface area contributed by atoms with Gasteiger partial charge in [0.25, 0.3) is 0 Å². The Morgan fingerprint density at radius 3 is 2.75 bits per heavy atom. The van der Waals surface area contributed by atoms with Crippen LogP contribution in [0.15, 0.2) is 4.99 Å². The minimum atomic E-state index is 0.802.